The van der Waals surface area contributed by atoms with E-state index in [2.05, 4.69) is 26.1 Å². The predicted octanol–water partition coefficient (Wildman–Crippen LogP) is 3.36. The number of benzene rings is 1. The molecule has 0 aromatic heterocycles. The Hall–Kier alpha value is -0.870. The molecule has 0 radical (unpaired) electrons. The molecule has 4 heteroatoms. The molecule has 1 rings (SSSR count). The van der Waals surface area contributed by atoms with Gasteiger partial charge in [0.2, 0.25) is 0 Å². The Kier molecular flexibility index (Phi) is 6.69. The zero-order valence-corrected chi connectivity index (χ0v) is 13.8. The minimum atomic E-state index is -3.10. The standard InChI is InChI=1S/C16H27NO2S/c1-5-11-17-14(4)13(3)15-7-9-16(10-8-15)20(18,19)12-6-2/h7-10,13-14,17H,5-6,11-12H2,1-4H3. The Labute approximate surface area is 123 Å². The molecule has 0 bridgehead atoms. The van der Waals surface area contributed by atoms with Crippen LogP contribution in [-0.4, -0.2) is 26.8 Å². The summed E-state index contributed by atoms with van der Waals surface area (Å²) in [6.07, 6.45) is 1.77. The van der Waals surface area contributed by atoms with E-state index in [4.69, 9.17) is 0 Å². The first kappa shape index (κ1) is 17.2. The maximum Gasteiger partial charge on any atom is 0.178 e. The van der Waals surface area contributed by atoms with E-state index in [9.17, 15) is 8.42 Å². The van der Waals surface area contributed by atoms with Gasteiger partial charge in [-0.3, -0.25) is 0 Å². The van der Waals surface area contributed by atoms with Crippen molar-refractivity contribution >= 4 is 9.84 Å². The SMILES string of the molecule is CCCNC(C)C(C)c1ccc(S(=O)(=O)CCC)cc1. The van der Waals surface area contributed by atoms with Gasteiger partial charge in [0.05, 0.1) is 10.6 Å². The summed E-state index contributed by atoms with van der Waals surface area (Å²) in [6.45, 7) is 9.38. The lowest BCUT2D eigenvalue weighted by Crippen LogP contribution is -2.31. The van der Waals surface area contributed by atoms with E-state index < -0.39 is 9.84 Å². The Morgan fingerprint density at radius 1 is 1.05 bits per heavy atom. The molecule has 0 heterocycles. The van der Waals surface area contributed by atoms with Crippen LogP contribution in [0, 0.1) is 0 Å². The van der Waals surface area contributed by atoms with Gasteiger partial charge in [0, 0.05) is 6.04 Å². The van der Waals surface area contributed by atoms with Gasteiger partial charge in [-0.05, 0) is 49.9 Å². The van der Waals surface area contributed by atoms with E-state index in [0.29, 0.717) is 23.3 Å². The number of sulfone groups is 1. The smallest absolute Gasteiger partial charge is 0.178 e. The highest BCUT2D eigenvalue weighted by molar-refractivity contribution is 7.91. The van der Waals surface area contributed by atoms with Gasteiger partial charge in [0.1, 0.15) is 0 Å². The van der Waals surface area contributed by atoms with Gasteiger partial charge in [-0.2, -0.15) is 0 Å². The fourth-order valence-electron chi connectivity index (χ4n) is 2.20. The summed E-state index contributed by atoms with van der Waals surface area (Å²) in [6, 6.07) is 7.74. The van der Waals surface area contributed by atoms with E-state index in [-0.39, 0.29) is 5.75 Å². The number of hydrogen-bond donors (Lipinski definition) is 1. The molecular weight excluding hydrogens is 270 g/mol. The zero-order valence-electron chi connectivity index (χ0n) is 13.0. The summed E-state index contributed by atoms with van der Waals surface area (Å²) in [5.41, 5.74) is 1.18. The van der Waals surface area contributed by atoms with Crippen LogP contribution in [0.15, 0.2) is 29.2 Å². The molecule has 0 aliphatic rings. The van der Waals surface area contributed by atoms with Crippen molar-refractivity contribution in [3.05, 3.63) is 29.8 Å². The molecule has 0 fully saturated rings. The first-order valence-corrected chi connectivity index (χ1v) is 9.13. The van der Waals surface area contributed by atoms with Crippen molar-refractivity contribution in [2.45, 2.75) is 57.4 Å². The molecule has 0 saturated heterocycles. The maximum atomic E-state index is 12.0. The van der Waals surface area contributed by atoms with Gasteiger partial charge in [-0.1, -0.05) is 32.9 Å². The first-order chi connectivity index (χ1) is 9.42. The third-order valence-electron chi connectivity index (χ3n) is 3.70. The third kappa shape index (κ3) is 4.60. The van der Waals surface area contributed by atoms with Crippen LogP contribution in [0.25, 0.3) is 0 Å². The molecule has 0 spiro atoms. The van der Waals surface area contributed by atoms with Gasteiger partial charge < -0.3 is 5.32 Å². The summed E-state index contributed by atoms with van der Waals surface area (Å²) in [5, 5.41) is 3.48. The number of nitrogens with one attached hydrogen (secondary N) is 1. The molecule has 20 heavy (non-hydrogen) atoms. The van der Waals surface area contributed by atoms with E-state index in [1.54, 1.807) is 12.1 Å². The van der Waals surface area contributed by atoms with Crippen LogP contribution in [0.4, 0.5) is 0 Å². The van der Waals surface area contributed by atoms with Crippen molar-refractivity contribution < 1.29 is 8.42 Å². The Balaban J connectivity index is 2.81. The van der Waals surface area contributed by atoms with Crippen molar-refractivity contribution in [3.63, 3.8) is 0 Å². The fourth-order valence-corrected chi connectivity index (χ4v) is 3.53. The summed E-state index contributed by atoms with van der Waals surface area (Å²) < 4.78 is 24.0. The van der Waals surface area contributed by atoms with Crippen molar-refractivity contribution in [3.8, 4) is 0 Å². The lowest BCUT2D eigenvalue weighted by molar-refractivity contribution is 0.481. The maximum absolute atomic E-state index is 12.0. The molecule has 2 unspecified atom stereocenters. The highest BCUT2D eigenvalue weighted by Crippen LogP contribution is 2.21. The van der Waals surface area contributed by atoms with Crippen LogP contribution in [0.1, 0.15) is 52.0 Å². The van der Waals surface area contributed by atoms with Crippen LogP contribution >= 0.6 is 0 Å². The average molecular weight is 297 g/mol. The minimum Gasteiger partial charge on any atom is -0.314 e. The average Bonchev–Trinajstić information content (AvgIpc) is 2.44. The fraction of sp³-hybridized carbons (Fsp3) is 0.625. The van der Waals surface area contributed by atoms with Crippen molar-refractivity contribution in [1.29, 1.82) is 0 Å². The number of rotatable bonds is 8. The molecule has 114 valence electrons. The Bertz CT molecular complexity index is 494. The molecule has 2 atom stereocenters. The van der Waals surface area contributed by atoms with E-state index in [0.717, 1.165) is 13.0 Å². The molecule has 0 aliphatic carbocycles. The van der Waals surface area contributed by atoms with Crippen molar-refractivity contribution in [2.24, 2.45) is 0 Å². The molecule has 3 nitrogen and oxygen atoms in total. The molecule has 0 aliphatic heterocycles. The minimum absolute atomic E-state index is 0.219. The van der Waals surface area contributed by atoms with Gasteiger partial charge >= 0.3 is 0 Å². The van der Waals surface area contributed by atoms with Crippen LogP contribution in [-0.2, 0) is 9.84 Å². The quantitative estimate of drug-likeness (QED) is 0.800. The Morgan fingerprint density at radius 3 is 2.15 bits per heavy atom. The summed E-state index contributed by atoms with van der Waals surface area (Å²) >= 11 is 0. The largest absolute Gasteiger partial charge is 0.314 e. The summed E-state index contributed by atoms with van der Waals surface area (Å²) in [5.74, 6) is 0.584. The molecule has 0 saturated carbocycles. The molecular formula is C16H27NO2S. The monoisotopic (exact) mass is 297 g/mol. The van der Waals surface area contributed by atoms with Gasteiger partial charge in [0.15, 0.2) is 9.84 Å². The second-order valence-electron chi connectivity index (χ2n) is 5.42. The molecule has 1 N–H and O–H groups in total. The zero-order chi connectivity index (χ0) is 15.2. The van der Waals surface area contributed by atoms with E-state index in [1.165, 1.54) is 5.56 Å². The Morgan fingerprint density at radius 2 is 1.65 bits per heavy atom. The first-order valence-electron chi connectivity index (χ1n) is 7.48. The summed E-state index contributed by atoms with van der Waals surface area (Å²) in [4.78, 5) is 0.435. The summed E-state index contributed by atoms with van der Waals surface area (Å²) in [7, 11) is -3.10. The van der Waals surface area contributed by atoms with Crippen molar-refractivity contribution in [2.75, 3.05) is 12.3 Å². The molecule has 1 aromatic carbocycles. The normalized spacial score (nSPS) is 15.0. The lowest BCUT2D eigenvalue weighted by atomic mass is 9.94. The van der Waals surface area contributed by atoms with Gasteiger partial charge in [-0.25, -0.2) is 8.42 Å². The topological polar surface area (TPSA) is 46.2 Å². The van der Waals surface area contributed by atoms with Crippen LogP contribution in [0.2, 0.25) is 0 Å². The molecule has 0 amide bonds. The highest BCUT2D eigenvalue weighted by Gasteiger charge is 2.16. The number of hydrogen-bond acceptors (Lipinski definition) is 3. The molecule has 1 aromatic rings. The van der Waals surface area contributed by atoms with Gasteiger partial charge in [-0.15, -0.1) is 0 Å². The second-order valence-corrected chi connectivity index (χ2v) is 7.53. The van der Waals surface area contributed by atoms with Crippen LogP contribution in [0.5, 0.6) is 0 Å². The third-order valence-corrected chi connectivity index (χ3v) is 5.64. The lowest BCUT2D eigenvalue weighted by Gasteiger charge is -2.21. The van der Waals surface area contributed by atoms with Crippen LogP contribution in [0.3, 0.4) is 0 Å². The van der Waals surface area contributed by atoms with E-state index in [1.807, 2.05) is 19.1 Å². The van der Waals surface area contributed by atoms with Crippen molar-refractivity contribution in [1.82, 2.24) is 5.32 Å². The highest BCUT2D eigenvalue weighted by atomic mass is 32.2. The van der Waals surface area contributed by atoms with Gasteiger partial charge in [0.25, 0.3) is 0 Å². The van der Waals surface area contributed by atoms with E-state index >= 15 is 0 Å². The van der Waals surface area contributed by atoms with Crippen LogP contribution < -0.4 is 5.32 Å². The predicted molar refractivity (Wildman–Crippen MR) is 85.0 cm³/mol. The second kappa shape index (κ2) is 7.79.